The van der Waals surface area contributed by atoms with Gasteiger partial charge in [-0.15, -0.1) is 0 Å². The molecule has 0 N–H and O–H groups in total. The Bertz CT molecular complexity index is 1300. The number of rotatable bonds is 5. The molecule has 0 saturated heterocycles. The van der Waals surface area contributed by atoms with Gasteiger partial charge in [0.15, 0.2) is 11.3 Å². The number of hydrogen-bond donors (Lipinski definition) is 0. The van der Waals surface area contributed by atoms with Crippen LogP contribution >= 0.6 is 23.2 Å². The van der Waals surface area contributed by atoms with E-state index in [-0.39, 0.29) is 39.8 Å². The number of nitro groups is 1. The Morgan fingerprint density at radius 3 is 2.37 bits per heavy atom. The molecule has 0 fully saturated rings. The van der Waals surface area contributed by atoms with Crippen LogP contribution in [0.15, 0.2) is 75.9 Å². The van der Waals surface area contributed by atoms with Crippen LogP contribution in [0, 0.1) is 10.1 Å². The minimum atomic E-state index is -0.483. The van der Waals surface area contributed by atoms with Gasteiger partial charge in [0.25, 0.3) is 5.69 Å². The van der Waals surface area contributed by atoms with Crippen LogP contribution in [-0.4, -0.2) is 4.92 Å². The molecule has 0 aliphatic rings. The first kappa shape index (κ1) is 19.9. The van der Waals surface area contributed by atoms with Gasteiger partial charge in [0.05, 0.1) is 15.3 Å². The van der Waals surface area contributed by atoms with Crippen LogP contribution in [0.4, 0.5) is 5.69 Å². The Hall–Kier alpha value is -3.35. The lowest BCUT2D eigenvalue weighted by Crippen LogP contribution is -2.10. The molecule has 4 aromatic rings. The van der Waals surface area contributed by atoms with Crippen molar-refractivity contribution in [2.24, 2.45) is 0 Å². The highest BCUT2D eigenvalue weighted by Gasteiger charge is 2.20. The third kappa shape index (κ3) is 3.87. The minimum Gasteiger partial charge on any atom is -0.481 e. The van der Waals surface area contributed by atoms with Gasteiger partial charge in [-0.1, -0.05) is 53.5 Å². The number of benzene rings is 3. The molecule has 1 heterocycles. The number of fused-ring (bicyclic) bond motifs is 1. The van der Waals surface area contributed by atoms with E-state index in [0.717, 1.165) is 0 Å². The fourth-order valence-corrected chi connectivity index (χ4v) is 3.52. The van der Waals surface area contributed by atoms with E-state index in [1.807, 2.05) is 18.2 Å². The van der Waals surface area contributed by atoms with Crippen molar-refractivity contribution in [3.05, 3.63) is 103 Å². The second kappa shape index (κ2) is 8.18. The second-order valence-electron chi connectivity index (χ2n) is 6.43. The van der Waals surface area contributed by atoms with Crippen molar-refractivity contribution < 1.29 is 14.1 Å². The van der Waals surface area contributed by atoms with Crippen molar-refractivity contribution in [1.82, 2.24) is 0 Å². The number of halogens is 2. The van der Waals surface area contributed by atoms with Gasteiger partial charge in [-0.3, -0.25) is 14.9 Å². The molecule has 0 bridgehead atoms. The predicted octanol–water partition coefficient (Wildman–Crippen LogP) is 6.25. The number of nitrogens with zero attached hydrogens (tertiary/aromatic N) is 1. The predicted molar refractivity (Wildman–Crippen MR) is 115 cm³/mol. The average molecular weight is 442 g/mol. The first-order valence-electron chi connectivity index (χ1n) is 8.81. The van der Waals surface area contributed by atoms with Crippen LogP contribution in [0.2, 0.25) is 10.0 Å². The van der Waals surface area contributed by atoms with Crippen LogP contribution in [0.5, 0.6) is 5.75 Å². The maximum absolute atomic E-state index is 13.2. The van der Waals surface area contributed by atoms with Crippen molar-refractivity contribution in [2.75, 3.05) is 0 Å². The molecule has 0 spiro atoms. The van der Waals surface area contributed by atoms with Crippen LogP contribution in [0.1, 0.15) is 5.56 Å². The molecule has 4 rings (SSSR count). The number of non-ortho nitro benzene ring substituents is 1. The monoisotopic (exact) mass is 441 g/mol. The van der Waals surface area contributed by atoms with E-state index in [2.05, 4.69) is 0 Å². The standard InChI is InChI=1S/C22H13Cl2NO5/c23-15-10-17-19(26)22(29-12-13-6-8-16(9-7-13)25(27)28)20(14-4-2-1-3-5-14)30-21(17)18(24)11-15/h1-11H,12H2. The van der Waals surface area contributed by atoms with Gasteiger partial charge >= 0.3 is 0 Å². The molecule has 1 aromatic heterocycles. The van der Waals surface area contributed by atoms with Crippen molar-refractivity contribution in [1.29, 1.82) is 0 Å². The average Bonchev–Trinajstić information content (AvgIpc) is 2.74. The van der Waals surface area contributed by atoms with E-state index >= 15 is 0 Å². The number of hydrogen-bond acceptors (Lipinski definition) is 5. The Morgan fingerprint density at radius 2 is 1.70 bits per heavy atom. The Morgan fingerprint density at radius 1 is 1.00 bits per heavy atom. The molecule has 0 aliphatic carbocycles. The summed E-state index contributed by atoms with van der Waals surface area (Å²) in [7, 11) is 0. The highest BCUT2D eigenvalue weighted by atomic mass is 35.5. The first-order chi connectivity index (χ1) is 14.4. The highest BCUT2D eigenvalue weighted by molar-refractivity contribution is 6.38. The number of ether oxygens (including phenoxy) is 1. The second-order valence-corrected chi connectivity index (χ2v) is 7.28. The van der Waals surface area contributed by atoms with Gasteiger partial charge in [0, 0.05) is 22.7 Å². The van der Waals surface area contributed by atoms with Crippen LogP contribution in [-0.2, 0) is 6.61 Å². The molecule has 0 amide bonds. The zero-order valence-electron chi connectivity index (χ0n) is 15.3. The maximum atomic E-state index is 13.2. The van der Waals surface area contributed by atoms with Crippen molar-refractivity contribution in [3.63, 3.8) is 0 Å². The van der Waals surface area contributed by atoms with Crippen LogP contribution in [0.25, 0.3) is 22.3 Å². The molecule has 0 radical (unpaired) electrons. The molecule has 6 nitrogen and oxygen atoms in total. The zero-order chi connectivity index (χ0) is 21.3. The lowest BCUT2D eigenvalue weighted by molar-refractivity contribution is -0.384. The summed E-state index contributed by atoms with van der Waals surface area (Å²) in [6, 6.07) is 17.9. The van der Waals surface area contributed by atoms with E-state index in [0.29, 0.717) is 16.1 Å². The largest absolute Gasteiger partial charge is 0.481 e. The van der Waals surface area contributed by atoms with Gasteiger partial charge < -0.3 is 9.15 Å². The molecule has 0 saturated carbocycles. The Balaban J connectivity index is 1.81. The van der Waals surface area contributed by atoms with Gasteiger partial charge in [0.1, 0.15) is 6.61 Å². The normalized spacial score (nSPS) is 10.9. The third-order valence-electron chi connectivity index (χ3n) is 4.44. The summed E-state index contributed by atoms with van der Waals surface area (Å²) >= 11 is 12.3. The number of nitro benzene ring substituents is 1. The van der Waals surface area contributed by atoms with Gasteiger partial charge in [-0.2, -0.15) is 0 Å². The van der Waals surface area contributed by atoms with Crippen LogP contribution in [0.3, 0.4) is 0 Å². The maximum Gasteiger partial charge on any atom is 0.269 e. The molecule has 30 heavy (non-hydrogen) atoms. The molecular formula is C22H13Cl2NO5. The molecule has 8 heteroatoms. The fraction of sp³-hybridized carbons (Fsp3) is 0.0455. The van der Waals surface area contributed by atoms with Gasteiger partial charge in [0.2, 0.25) is 11.2 Å². The van der Waals surface area contributed by atoms with Crippen molar-refractivity contribution in [3.8, 4) is 17.1 Å². The van der Waals surface area contributed by atoms with E-state index in [1.165, 1.54) is 24.3 Å². The topological polar surface area (TPSA) is 82.6 Å². The molecule has 3 aromatic carbocycles. The van der Waals surface area contributed by atoms with E-state index in [9.17, 15) is 14.9 Å². The van der Waals surface area contributed by atoms with Crippen molar-refractivity contribution in [2.45, 2.75) is 6.61 Å². The van der Waals surface area contributed by atoms with Crippen LogP contribution < -0.4 is 10.2 Å². The fourth-order valence-electron chi connectivity index (χ4n) is 2.99. The summed E-state index contributed by atoms with van der Waals surface area (Å²) in [6.07, 6.45) is 0. The lowest BCUT2D eigenvalue weighted by Gasteiger charge is -2.12. The summed E-state index contributed by atoms with van der Waals surface area (Å²) in [5.41, 5.74) is 1.07. The quantitative estimate of drug-likeness (QED) is 0.269. The van der Waals surface area contributed by atoms with Gasteiger partial charge in [-0.25, -0.2) is 0 Å². The van der Waals surface area contributed by atoms with Gasteiger partial charge in [-0.05, 0) is 29.8 Å². The SMILES string of the molecule is O=c1c(OCc2ccc([N+](=O)[O-])cc2)c(-c2ccccc2)oc2c(Cl)cc(Cl)cc12. The summed E-state index contributed by atoms with van der Waals surface area (Å²) < 4.78 is 11.8. The van der Waals surface area contributed by atoms with E-state index in [1.54, 1.807) is 24.3 Å². The highest BCUT2D eigenvalue weighted by Crippen LogP contribution is 2.35. The van der Waals surface area contributed by atoms with E-state index in [4.69, 9.17) is 32.4 Å². The molecule has 0 unspecified atom stereocenters. The third-order valence-corrected chi connectivity index (χ3v) is 4.93. The zero-order valence-corrected chi connectivity index (χ0v) is 16.8. The lowest BCUT2D eigenvalue weighted by atomic mass is 10.1. The van der Waals surface area contributed by atoms with E-state index < -0.39 is 10.4 Å². The molecule has 150 valence electrons. The Labute approximate surface area is 180 Å². The smallest absolute Gasteiger partial charge is 0.269 e. The Kier molecular flexibility index (Phi) is 5.44. The molecular weight excluding hydrogens is 429 g/mol. The van der Waals surface area contributed by atoms with Crippen molar-refractivity contribution >= 4 is 39.9 Å². The first-order valence-corrected chi connectivity index (χ1v) is 9.57. The summed E-state index contributed by atoms with van der Waals surface area (Å²) in [4.78, 5) is 23.5. The summed E-state index contributed by atoms with van der Waals surface area (Å²) in [5.74, 6) is 0.240. The minimum absolute atomic E-state index is 0.00499. The summed E-state index contributed by atoms with van der Waals surface area (Å²) in [6.45, 7) is 0.0163. The molecule has 0 aliphatic heterocycles. The molecule has 0 atom stereocenters. The summed E-state index contributed by atoms with van der Waals surface area (Å²) in [5, 5.41) is 11.5.